The number of carbonyl (C=O) groups is 2. The first-order valence-corrected chi connectivity index (χ1v) is 17.7. The summed E-state index contributed by atoms with van der Waals surface area (Å²) in [6.45, 7) is 5.46. The first-order valence-electron chi connectivity index (χ1n) is 17.7. The number of likely N-dealkylation sites (tertiary alicyclic amines) is 1. The van der Waals surface area contributed by atoms with Gasteiger partial charge in [0.1, 0.15) is 5.52 Å². The molecule has 248 valence electrons. The largest absolute Gasteiger partial charge is 0.381 e. The van der Waals surface area contributed by atoms with Crippen LogP contribution in [0.25, 0.3) is 22.3 Å². The SMILES string of the molecule is Cc1ccc(Nc2nc(-c3ccc4c(c3)N(C3CC(N5CCCCC5)C3)C(=O)C43CCOCC3)cc3ncn(C4CC4)c23)cc1C(N)=O. The van der Waals surface area contributed by atoms with Gasteiger partial charge in [0.15, 0.2) is 5.82 Å². The van der Waals surface area contributed by atoms with Gasteiger partial charge >= 0.3 is 0 Å². The van der Waals surface area contributed by atoms with Gasteiger partial charge in [-0.1, -0.05) is 24.6 Å². The fourth-order valence-corrected chi connectivity index (χ4v) is 8.69. The van der Waals surface area contributed by atoms with Crippen LogP contribution in [0, 0.1) is 6.92 Å². The van der Waals surface area contributed by atoms with Gasteiger partial charge in [0.25, 0.3) is 0 Å². The summed E-state index contributed by atoms with van der Waals surface area (Å²) in [5.74, 6) is 0.474. The predicted molar refractivity (Wildman–Crippen MR) is 186 cm³/mol. The molecule has 2 saturated carbocycles. The Labute approximate surface area is 280 Å². The van der Waals surface area contributed by atoms with E-state index < -0.39 is 11.3 Å². The van der Waals surface area contributed by atoms with Gasteiger partial charge in [-0.25, -0.2) is 9.97 Å². The molecule has 2 saturated heterocycles. The van der Waals surface area contributed by atoms with Crippen LogP contribution in [0.4, 0.5) is 17.2 Å². The van der Waals surface area contributed by atoms with E-state index in [1.807, 2.05) is 25.4 Å². The Morgan fingerprint density at radius 2 is 1.77 bits per heavy atom. The molecule has 2 aromatic carbocycles. The Kier molecular flexibility index (Phi) is 7.09. The Morgan fingerprint density at radius 3 is 2.52 bits per heavy atom. The van der Waals surface area contributed by atoms with E-state index in [0.717, 1.165) is 83.3 Å². The molecular formula is C38H43N7O3. The summed E-state index contributed by atoms with van der Waals surface area (Å²) in [6, 6.07) is 15.4. The molecule has 1 spiro atoms. The van der Waals surface area contributed by atoms with E-state index in [1.54, 1.807) is 6.07 Å². The van der Waals surface area contributed by atoms with Gasteiger partial charge < -0.3 is 30.2 Å². The predicted octanol–water partition coefficient (Wildman–Crippen LogP) is 6.00. The van der Waals surface area contributed by atoms with Gasteiger partial charge in [0.2, 0.25) is 11.8 Å². The van der Waals surface area contributed by atoms with Crippen LogP contribution in [0.5, 0.6) is 0 Å². The zero-order valence-electron chi connectivity index (χ0n) is 27.6. The van der Waals surface area contributed by atoms with Crippen LogP contribution in [-0.2, 0) is 14.9 Å². The maximum absolute atomic E-state index is 14.5. The van der Waals surface area contributed by atoms with Crippen LogP contribution in [0.2, 0.25) is 0 Å². The number of nitrogens with one attached hydrogen (secondary N) is 1. The highest BCUT2D eigenvalue weighted by Gasteiger charge is 2.55. The lowest BCUT2D eigenvalue weighted by Gasteiger charge is -2.48. The number of carbonyl (C=O) groups excluding carboxylic acids is 2. The van der Waals surface area contributed by atoms with Crippen LogP contribution >= 0.6 is 0 Å². The minimum Gasteiger partial charge on any atom is -0.381 e. The molecule has 2 aromatic heterocycles. The topological polar surface area (TPSA) is 119 Å². The van der Waals surface area contributed by atoms with E-state index in [4.69, 9.17) is 20.4 Å². The molecule has 10 heteroatoms. The maximum Gasteiger partial charge on any atom is 0.249 e. The molecule has 0 bridgehead atoms. The van der Waals surface area contributed by atoms with E-state index in [2.05, 4.69) is 43.9 Å². The van der Waals surface area contributed by atoms with Crippen molar-refractivity contribution >= 4 is 40.0 Å². The first-order chi connectivity index (χ1) is 23.4. The van der Waals surface area contributed by atoms with Crippen molar-refractivity contribution in [1.82, 2.24) is 19.4 Å². The number of aryl methyl sites for hydroxylation is 1. The fraction of sp³-hybridized carbons (Fsp3) is 0.474. The molecule has 10 nitrogen and oxygen atoms in total. The van der Waals surface area contributed by atoms with Gasteiger partial charge in [-0.05, 0) is 107 Å². The number of hydrogen-bond donors (Lipinski definition) is 2. The Bertz CT molecular complexity index is 1930. The molecule has 4 aromatic rings. The minimum absolute atomic E-state index is 0.212. The number of nitrogens with zero attached hydrogens (tertiary/aromatic N) is 5. The van der Waals surface area contributed by atoms with Crippen molar-refractivity contribution in [1.29, 1.82) is 0 Å². The van der Waals surface area contributed by atoms with Crippen LogP contribution in [0.15, 0.2) is 48.8 Å². The minimum atomic E-state index is -0.515. The quantitative estimate of drug-likeness (QED) is 0.253. The average Bonchev–Trinajstić information content (AvgIpc) is 3.80. The highest BCUT2D eigenvalue weighted by atomic mass is 16.5. The number of anilines is 3. The lowest BCUT2D eigenvalue weighted by Crippen LogP contribution is -2.57. The van der Waals surface area contributed by atoms with E-state index in [1.165, 1.54) is 32.4 Å². The summed E-state index contributed by atoms with van der Waals surface area (Å²) in [5.41, 5.74) is 12.9. The number of rotatable bonds is 7. The third-order valence-corrected chi connectivity index (χ3v) is 11.7. The average molecular weight is 646 g/mol. The Hall–Kier alpha value is -4.28. The van der Waals surface area contributed by atoms with Gasteiger partial charge in [-0.15, -0.1) is 0 Å². The summed E-state index contributed by atoms with van der Waals surface area (Å²) in [7, 11) is 0. The zero-order valence-corrected chi connectivity index (χ0v) is 27.6. The van der Waals surface area contributed by atoms with Crippen molar-refractivity contribution in [2.24, 2.45) is 5.73 Å². The second kappa shape index (κ2) is 11.4. The van der Waals surface area contributed by atoms with Crippen LogP contribution in [0.3, 0.4) is 0 Å². The number of hydrogen-bond acceptors (Lipinski definition) is 7. The molecule has 48 heavy (non-hydrogen) atoms. The molecule has 3 N–H and O–H groups in total. The second-order valence-corrected chi connectivity index (χ2v) is 14.6. The highest BCUT2D eigenvalue weighted by Crippen LogP contribution is 2.52. The number of amides is 2. The molecule has 5 heterocycles. The van der Waals surface area contributed by atoms with E-state index in [-0.39, 0.29) is 11.9 Å². The standard InChI is InChI=1S/C38H43N7O3/c1-23-5-7-25(18-29(23)35(39)46)41-36-34-32(40-22-44(34)26-8-9-26)21-31(42-36)24-6-10-30-33(17-24)45(37(47)38(30)11-15-48-16-12-38)28-19-27(20-28)43-13-3-2-4-14-43/h5-7,10,17-18,21-22,26-28H,2-4,8-9,11-16,19-20H2,1H3,(H2,39,46)(H,41,42). The molecular weight excluding hydrogens is 602 g/mol. The van der Waals surface area contributed by atoms with Crippen molar-refractivity contribution in [3.8, 4) is 11.3 Å². The zero-order chi connectivity index (χ0) is 32.6. The van der Waals surface area contributed by atoms with Crippen LogP contribution in [0.1, 0.15) is 85.3 Å². The molecule has 4 fully saturated rings. The number of fused-ring (bicyclic) bond motifs is 3. The highest BCUT2D eigenvalue weighted by molar-refractivity contribution is 6.09. The number of primary amides is 1. The monoisotopic (exact) mass is 645 g/mol. The third-order valence-electron chi connectivity index (χ3n) is 11.7. The van der Waals surface area contributed by atoms with Gasteiger partial charge in [-0.2, -0.15) is 0 Å². The van der Waals surface area contributed by atoms with Gasteiger partial charge in [0, 0.05) is 53.8 Å². The van der Waals surface area contributed by atoms with E-state index in [0.29, 0.717) is 36.7 Å². The number of benzene rings is 2. The summed E-state index contributed by atoms with van der Waals surface area (Å²) >= 11 is 0. The molecule has 0 atom stereocenters. The molecule has 0 radical (unpaired) electrons. The summed E-state index contributed by atoms with van der Waals surface area (Å²) in [6.07, 6.45) is 11.5. The maximum atomic E-state index is 14.5. The molecule has 5 aliphatic rings. The second-order valence-electron chi connectivity index (χ2n) is 14.6. The van der Waals surface area contributed by atoms with Gasteiger partial charge in [0.05, 0.1) is 23.0 Å². The summed E-state index contributed by atoms with van der Waals surface area (Å²) in [4.78, 5) is 41.5. The number of ether oxygens (including phenoxy) is 1. The number of aromatic nitrogens is 3. The number of piperidine rings is 1. The van der Waals surface area contributed by atoms with E-state index >= 15 is 0 Å². The first kappa shape index (κ1) is 29.8. The van der Waals surface area contributed by atoms with Gasteiger partial charge in [-0.3, -0.25) is 9.59 Å². The Balaban J connectivity index is 1.11. The molecule has 2 aliphatic carbocycles. The van der Waals surface area contributed by atoms with Crippen molar-refractivity contribution in [2.75, 3.05) is 36.5 Å². The fourth-order valence-electron chi connectivity index (χ4n) is 8.69. The number of imidazole rings is 1. The molecule has 3 aliphatic heterocycles. The number of nitrogens with two attached hydrogens (primary N) is 1. The third kappa shape index (κ3) is 4.83. The smallest absolute Gasteiger partial charge is 0.249 e. The van der Waals surface area contributed by atoms with Crippen molar-refractivity contribution in [3.05, 3.63) is 65.5 Å². The summed E-state index contributed by atoms with van der Waals surface area (Å²) in [5, 5.41) is 3.51. The number of pyridine rings is 1. The normalized spacial score (nSPS) is 23.8. The van der Waals surface area contributed by atoms with Crippen molar-refractivity contribution < 1.29 is 14.3 Å². The molecule has 2 amide bonds. The van der Waals surface area contributed by atoms with E-state index in [9.17, 15) is 9.59 Å². The van der Waals surface area contributed by atoms with Crippen molar-refractivity contribution in [2.45, 2.75) is 88.3 Å². The Morgan fingerprint density at radius 1 is 0.979 bits per heavy atom. The van der Waals surface area contributed by atoms with Crippen LogP contribution in [-0.4, -0.2) is 69.6 Å². The lowest BCUT2D eigenvalue weighted by molar-refractivity contribution is -0.127. The van der Waals surface area contributed by atoms with Crippen molar-refractivity contribution in [3.63, 3.8) is 0 Å². The summed E-state index contributed by atoms with van der Waals surface area (Å²) < 4.78 is 7.98. The molecule has 9 rings (SSSR count). The van der Waals surface area contributed by atoms with Crippen LogP contribution < -0.4 is 16.0 Å². The lowest BCUT2D eigenvalue weighted by atomic mass is 9.75. The molecule has 0 unspecified atom stereocenters.